The van der Waals surface area contributed by atoms with E-state index in [9.17, 15) is 23.2 Å². The van der Waals surface area contributed by atoms with E-state index in [1.807, 2.05) is 0 Å². The Labute approximate surface area is 127 Å². The smallest absolute Gasteiger partial charge is 0.335 e. The zero-order valence-electron chi connectivity index (χ0n) is 11.3. The van der Waals surface area contributed by atoms with Crippen LogP contribution in [0.25, 0.3) is 0 Å². The quantitative estimate of drug-likeness (QED) is 0.390. The van der Waals surface area contributed by atoms with Gasteiger partial charge in [0.15, 0.2) is 12.2 Å². The Kier molecular flexibility index (Phi) is 7.73. The maximum atomic E-state index is 12.6. The molecule has 0 radical (unpaired) electrons. The minimum Gasteiger partial charge on any atom is -0.480 e. The van der Waals surface area contributed by atoms with E-state index < -0.39 is 47.8 Å². The lowest BCUT2D eigenvalue weighted by Gasteiger charge is -2.07. The highest BCUT2D eigenvalue weighted by atomic mass is 19.1. The van der Waals surface area contributed by atoms with E-state index in [4.69, 9.17) is 31.3 Å². The predicted molar refractivity (Wildman–Crippen MR) is 68.2 cm³/mol. The van der Waals surface area contributed by atoms with Crippen LogP contribution in [0.15, 0.2) is 18.2 Å². The monoisotopic (exact) mass is 337 g/mol. The lowest BCUT2D eigenvalue weighted by molar-refractivity contribution is -0.165. The summed E-state index contributed by atoms with van der Waals surface area (Å²) in [5, 5.41) is 41.0. The first-order valence-corrected chi connectivity index (χ1v) is 5.73. The summed E-state index contributed by atoms with van der Waals surface area (Å²) >= 11 is 0. The molecule has 0 aliphatic heterocycles. The van der Waals surface area contributed by atoms with Gasteiger partial charge in [0.1, 0.15) is 17.7 Å². The van der Waals surface area contributed by atoms with E-state index in [1.165, 1.54) is 0 Å². The molecule has 9 nitrogen and oxygen atoms in total. The molecule has 0 spiro atoms. The third kappa shape index (κ3) is 6.78. The summed E-state index contributed by atoms with van der Waals surface area (Å²) in [6, 6.07) is 1.03. The molecule has 11 heteroatoms. The third-order valence-electron chi connectivity index (χ3n) is 2.32. The van der Waals surface area contributed by atoms with Gasteiger partial charge in [0.25, 0.3) is 0 Å². The Morgan fingerprint density at radius 2 is 1.17 bits per heavy atom. The van der Waals surface area contributed by atoms with Crippen LogP contribution >= 0.6 is 0 Å². The molecule has 23 heavy (non-hydrogen) atoms. The van der Waals surface area contributed by atoms with E-state index in [2.05, 4.69) is 0 Å². The molecule has 7 N–H and O–H groups in total. The van der Waals surface area contributed by atoms with Crippen molar-refractivity contribution >= 4 is 17.9 Å². The molecular weight excluding hydrogens is 324 g/mol. The number of aliphatic hydroxyl groups excluding tert-OH is 2. The highest BCUT2D eigenvalue weighted by molar-refractivity contribution is 5.83. The fraction of sp³-hybridized carbons (Fsp3) is 0.250. The molecule has 0 heterocycles. The Hall–Kier alpha value is -2.63. The van der Waals surface area contributed by atoms with Crippen LogP contribution < -0.4 is 5.73 Å². The van der Waals surface area contributed by atoms with Crippen molar-refractivity contribution in [2.24, 2.45) is 5.73 Å². The maximum absolute atomic E-state index is 12.6. The van der Waals surface area contributed by atoms with Crippen LogP contribution in [0.2, 0.25) is 0 Å². The Morgan fingerprint density at radius 3 is 1.43 bits per heavy atom. The number of aliphatic hydroxyl groups is 2. The SMILES string of the molecule is N[C@H](C(=O)O)c1cc(F)cc(F)c1.O=C(O)C(O)C(O)C(=O)O. The van der Waals surface area contributed by atoms with Crippen LogP contribution in [0.5, 0.6) is 0 Å². The number of carbonyl (C=O) groups is 3. The Bertz CT molecular complexity index is 556. The molecule has 128 valence electrons. The van der Waals surface area contributed by atoms with Gasteiger partial charge in [-0.05, 0) is 17.7 Å². The van der Waals surface area contributed by atoms with Crippen molar-refractivity contribution < 1.29 is 48.7 Å². The van der Waals surface area contributed by atoms with Crippen molar-refractivity contribution in [3.8, 4) is 0 Å². The molecule has 0 saturated heterocycles. The molecule has 0 aromatic heterocycles. The summed E-state index contributed by atoms with van der Waals surface area (Å²) in [4.78, 5) is 29.9. The number of carboxylic acid groups (broad SMARTS) is 3. The van der Waals surface area contributed by atoms with Gasteiger partial charge in [0, 0.05) is 6.07 Å². The van der Waals surface area contributed by atoms with Crippen LogP contribution in [0.4, 0.5) is 8.78 Å². The minimum atomic E-state index is -2.27. The molecule has 0 bridgehead atoms. The number of nitrogens with two attached hydrogens (primary N) is 1. The highest BCUT2D eigenvalue weighted by Crippen LogP contribution is 2.14. The maximum Gasteiger partial charge on any atom is 0.335 e. The van der Waals surface area contributed by atoms with Crippen molar-refractivity contribution in [3.05, 3.63) is 35.4 Å². The topological polar surface area (TPSA) is 178 Å². The predicted octanol–water partition coefficient (Wildman–Crippen LogP) is -1.07. The summed E-state index contributed by atoms with van der Waals surface area (Å²) < 4.78 is 25.1. The van der Waals surface area contributed by atoms with Crippen LogP contribution in [0.3, 0.4) is 0 Å². The van der Waals surface area contributed by atoms with Crippen molar-refractivity contribution in [2.45, 2.75) is 18.2 Å². The van der Waals surface area contributed by atoms with Crippen molar-refractivity contribution in [3.63, 3.8) is 0 Å². The zero-order valence-corrected chi connectivity index (χ0v) is 11.3. The lowest BCUT2D eigenvalue weighted by atomic mass is 10.1. The fourth-order valence-electron chi connectivity index (χ4n) is 1.17. The second kappa shape index (κ2) is 8.73. The van der Waals surface area contributed by atoms with Crippen LogP contribution in [0, 0.1) is 11.6 Å². The first kappa shape index (κ1) is 20.4. The molecule has 0 fully saturated rings. The minimum absolute atomic E-state index is 0.0926. The highest BCUT2D eigenvalue weighted by Gasteiger charge is 2.29. The summed E-state index contributed by atoms with van der Waals surface area (Å²) in [6.45, 7) is 0. The molecule has 1 aromatic carbocycles. The van der Waals surface area contributed by atoms with Gasteiger partial charge in [0.05, 0.1) is 0 Å². The van der Waals surface area contributed by atoms with Crippen LogP contribution in [0.1, 0.15) is 11.6 Å². The summed E-state index contributed by atoms with van der Waals surface area (Å²) in [5.41, 5.74) is 5.05. The number of rotatable bonds is 5. The van der Waals surface area contributed by atoms with Crippen LogP contribution in [-0.4, -0.2) is 55.6 Å². The number of hydrogen-bond donors (Lipinski definition) is 6. The van der Waals surface area contributed by atoms with E-state index in [0.29, 0.717) is 6.07 Å². The standard InChI is InChI=1S/C8H7F2NO2.C4H6O6/c9-5-1-4(2-6(10)3-5)7(11)8(12)13;5-1(3(7)8)2(6)4(9)10/h1-3,7H,11H2,(H,12,13);1-2,5-6H,(H,7,8)(H,9,10)/t7-;/m0./s1. The zero-order chi connectivity index (χ0) is 18.3. The largest absolute Gasteiger partial charge is 0.480 e. The molecule has 0 aliphatic carbocycles. The Morgan fingerprint density at radius 1 is 0.826 bits per heavy atom. The van der Waals surface area contributed by atoms with Gasteiger partial charge in [0.2, 0.25) is 0 Å². The van der Waals surface area contributed by atoms with Gasteiger partial charge < -0.3 is 31.3 Å². The van der Waals surface area contributed by atoms with Gasteiger partial charge in [-0.2, -0.15) is 0 Å². The Balaban J connectivity index is 0.000000438. The van der Waals surface area contributed by atoms with Crippen LogP contribution in [-0.2, 0) is 14.4 Å². The van der Waals surface area contributed by atoms with Crippen molar-refractivity contribution in [1.82, 2.24) is 0 Å². The van der Waals surface area contributed by atoms with Gasteiger partial charge >= 0.3 is 17.9 Å². The van der Waals surface area contributed by atoms with Gasteiger partial charge in [-0.15, -0.1) is 0 Å². The summed E-state index contributed by atoms with van der Waals surface area (Å²) in [7, 11) is 0. The number of halogens is 2. The average Bonchev–Trinajstić information content (AvgIpc) is 2.44. The second-order valence-corrected chi connectivity index (χ2v) is 4.08. The van der Waals surface area contributed by atoms with E-state index in [0.717, 1.165) is 12.1 Å². The van der Waals surface area contributed by atoms with E-state index in [-0.39, 0.29) is 5.56 Å². The number of aliphatic carboxylic acids is 3. The molecule has 0 amide bonds. The number of carboxylic acids is 3. The average molecular weight is 337 g/mol. The molecule has 0 saturated carbocycles. The van der Waals surface area contributed by atoms with Gasteiger partial charge in [-0.25, -0.2) is 18.4 Å². The molecular formula is C12H13F2NO8. The van der Waals surface area contributed by atoms with Crippen molar-refractivity contribution in [2.75, 3.05) is 0 Å². The second-order valence-electron chi connectivity index (χ2n) is 4.08. The first-order valence-electron chi connectivity index (χ1n) is 5.73. The summed E-state index contributed by atoms with van der Waals surface area (Å²) in [5.74, 6) is -6.55. The first-order chi connectivity index (χ1) is 10.5. The van der Waals surface area contributed by atoms with Crippen molar-refractivity contribution in [1.29, 1.82) is 0 Å². The molecule has 0 aliphatic rings. The molecule has 1 aromatic rings. The molecule has 1 rings (SSSR count). The lowest BCUT2D eigenvalue weighted by Crippen LogP contribution is -2.39. The fourth-order valence-corrected chi connectivity index (χ4v) is 1.17. The number of benzene rings is 1. The molecule has 2 unspecified atom stereocenters. The van der Waals surface area contributed by atoms with E-state index in [1.54, 1.807) is 0 Å². The third-order valence-corrected chi connectivity index (χ3v) is 2.32. The summed E-state index contributed by atoms with van der Waals surface area (Å²) in [6.07, 6.45) is -4.53. The van der Waals surface area contributed by atoms with E-state index >= 15 is 0 Å². The number of hydrogen-bond acceptors (Lipinski definition) is 6. The normalized spacial score (nSPS) is 14.0. The van der Waals surface area contributed by atoms with Gasteiger partial charge in [-0.3, -0.25) is 4.79 Å². The van der Waals surface area contributed by atoms with Gasteiger partial charge in [-0.1, -0.05) is 0 Å². The molecule has 3 atom stereocenters.